The fraction of sp³-hybridized carbons (Fsp3) is 0.857. The van der Waals surface area contributed by atoms with Crippen LogP contribution in [-0.2, 0) is 14.3 Å². The van der Waals surface area contributed by atoms with E-state index >= 15 is 0 Å². The third-order valence-corrected chi connectivity index (χ3v) is 5.38. The van der Waals surface area contributed by atoms with Crippen molar-refractivity contribution in [3.63, 3.8) is 0 Å². The number of hydrogen-bond donors (Lipinski definition) is 0. The van der Waals surface area contributed by atoms with Crippen LogP contribution in [-0.4, -0.2) is 11.9 Å². The van der Waals surface area contributed by atoms with Gasteiger partial charge >= 0.3 is 11.9 Å². The highest BCUT2D eigenvalue weighted by atomic mass is 16.6. The summed E-state index contributed by atoms with van der Waals surface area (Å²) >= 11 is 0. The summed E-state index contributed by atoms with van der Waals surface area (Å²) in [7, 11) is 0. The lowest BCUT2D eigenvalue weighted by Gasteiger charge is -2.52. The van der Waals surface area contributed by atoms with Gasteiger partial charge in [0.2, 0.25) is 0 Å². The van der Waals surface area contributed by atoms with Gasteiger partial charge in [0.1, 0.15) is 0 Å². The van der Waals surface area contributed by atoms with E-state index in [2.05, 4.69) is 20.8 Å². The molecule has 0 radical (unpaired) electrons. The van der Waals surface area contributed by atoms with Crippen LogP contribution in [0, 0.1) is 41.4 Å². The highest BCUT2D eigenvalue weighted by Gasteiger charge is 2.61. The quantitative estimate of drug-likeness (QED) is 0.518. The number of ether oxygens (including phenoxy) is 1. The number of cyclic esters (lactones) is 2. The SMILES string of the molecule is CC(C)[C@@H]1C[C@H]2[C@@H]3C(=O)OC(=O)[C@@H]3[C@@H]1C[C@@H]2C. The molecule has 0 aromatic carbocycles. The Morgan fingerprint density at radius 2 is 1.65 bits per heavy atom. The Balaban J connectivity index is 1.98. The van der Waals surface area contributed by atoms with Crippen LogP contribution in [0.4, 0.5) is 0 Å². The first kappa shape index (κ1) is 11.2. The van der Waals surface area contributed by atoms with Gasteiger partial charge in [-0.1, -0.05) is 20.8 Å². The molecular formula is C14H20O3. The predicted molar refractivity (Wildman–Crippen MR) is 61.8 cm³/mol. The Morgan fingerprint density at radius 1 is 1.06 bits per heavy atom. The van der Waals surface area contributed by atoms with Crippen LogP contribution in [0.2, 0.25) is 0 Å². The normalized spacial score (nSPS) is 48.5. The second-order valence-electron chi connectivity index (χ2n) is 6.48. The first-order chi connectivity index (χ1) is 8.00. The zero-order valence-electron chi connectivity index (χ0n) is 10.7. The minimum Gasteiger partial charge on any atom is -0.393 e. The van der Waals surface area contributed by atoms with Crippen molar-refractivity contribution in [2.75, 3.05) is 0 Å². The van der Waals surface area contributed by atoms with Crippen LogP contribution in [0.5, 0.6) is 0 Å². The molecule has 0 unspecified atom stereocenters. The molecule has 3 nitrogen and oxygen atoms in total. The fourth-order valence-corrected chi connectivity index (χ4v) is 4.59. The summed E-state index contributed by atoms with van der Waals surface area (Å²) < 4.78 is 4.89. The average Bonchev–Trinajstić information content (AvgIpc) is 2.56. The maximum atomic E-state index is 11.8. The van der Waals surface area contributed by atoms with E-state index < -0.39 is 0 Å². The third-order valence-electron chi connectivity index (χ3n) is 5.38. The van der Waals surface area contributed by atoms with Gasteiger partial charge in [-0.05, 0) is 42.4 Å². The van der Waals surface area contributed by atoms with E-state index in [9.17, 15) is 9.59 Å². The van der Waals surface area contributed by atoms with Gasteiger partial charge in [-0.2, -0.15) is 0 Å². The molecule has 3 saturated carbocycles. The molecule has 0 aromatic rings. The molecule has 3 heteroatoms. The largest absolute Gasteiger partial charge is 0.393 e. The van der Waals surface area contributed by atoms with E-state index in [-0.39, 0.29) is 23.8 Å². The minimum absolute atomic E-state index is 0.119. The van der Waals surface area contributed by atoms with Crippen LogP contribution >= 0.6 is 0 Å². The Morgan fingerprint density at radius 3 is 2.24 bits per heavy atom. The summed E-state index contributed by atoms with van der Waals surface area (Å²) in [5, 5.41) is 0. The summed E-state index contributed by atoms with van der Waals surface area (Å²) in [6, 6.07) is 0. The topological polar surface area (TPSA) is 43.4 Å². The van der Waals surface area contributed by atoms with Crippen molar-refractivity contribution in [1.82, 2.24) is 0 Å². The van der Waals surface area contributed by atoms with Gasteiger partial charge in [-0.3, -0.25) is 9.59 Å². The monoisotopic (exact) mass is 236 g/mol. The van der Waals surface area contributed by atoms with Crippen molar-refractivity contribution < 1.29 is 14.3 Å². The van der Waals surface area contributed by atoms with Gasteiger partial charge in [0.05, 0.1) is 11.8 Å². The molecule has 0 spiro atoms. The van der Waals surface area contributed by atoms with Crippen LogP contribution in [0.1, 0.15) is 33.6 Å². The number of hydrogen-bond acceptors (Lipinski definition) is 3. The van der Waals surface area contributed by atoms with Gasteiger partial charge in [-0.25, -0.2) is 0 Å². The van der Waals surface area contributed by atoms with Crippen LogP contribution in [0.15, 0.2) is 0 Å². The van der Waals surface area contributed by atoms with E-state index in [0.29, 0.717) is 29.6 Å². The molecule has 4 fully saturated rings. The summed E-state index contributed by atoms with van der Waals surface area (Å²) in [6.07, 6.45) is 2.20. The number of carbonyl (C=O) groups is 2. The van der Waals surface area contributed by atoms with Crippen molar-refractivity contribution in [1.29, 1.82) is 0 Å². The van der Waals surface area contributed by atoms with Crippen LogP contribution < -0.4 is 0 Å². The third kappa shape index (κ3) is 1.40. The summed E-state index contributed by atoms with van der Waals surface area (Å²) in [5.41, 5.74) is 0. The first-order valence-corrected chi connectivity index (χ1v) is 6.76. The molecule has 4 rings (SSSR count). The van der Waals surface area contributed by atoms with Crippen molar-refractivity contribution in [3.8, 4) is 0 Å². The van der Waals surface area contributed by atoms with E-state index in [4.69, 9.17) is 4.74 Å². The number of fused-ring (bicyclic) bond motifs is 2. The average molecular weight is 236 g/mol. The van der Waals surface area contributed by atoms with Crippen molar-refractivity contribution >= 4 is 11.9 Å². The molecule has 0 aromatic heterocycles. The maximum Gasteiger partial charge on any atom is 0.317 e. The van der Waals surface area contributed by atoms with Gasteiger partial charge < -0.3 is 4.74 Å². The van der Waals surface area contributed by atoms with Gasteiger partial charge in [-0.15, -0.1) is 0 Å². The first-order valence-electron chi connectivity index (χ1n) is 6.76. The van der Waals surface area contributed by atoms with E-state index in [1.54, 1.807) is 0 Å². The highest BCUT2D eigenvalue weighted by molar-refractivity contribution is 5.97. The molecule has 94 valence electrons. The molecule has 0 N–H and O–H groups in total. The smallest absolute Gasteiger partial charge is 0.317 e. The van der Waals surface area contributed by atoms with E-state index in [0.717, 1.165) is 12.8 Å². The standard InChI is InChI=1S/C14H20O3/c1-6(2)8-5-9-7(3)4-10(8)12-11(9)13(15)17-14(12)16/h6-12H,4-5H2,1-3H3/t7-,8-,9+,10+,11-,12+/m0/s1. The zero-order valence-corrected chi connectivity index (χ0v) is 10.7. The lowest BCUT2D eigenvalue weighted by Crippen LogP contribution is -2.51. The lowest BCUT2D eigenvalue weighted by molar-refractivity contribution is -0.154. The molecule has 17 heavy (non-hydrogen) atoms. The molecule has 6 atom stereocenters. The lowest BCUT2D eigenvalue weighted by atomic mass is 9.50. The molecule has 1 saturated heterocycles. The maximum absolute atomic E-state index is 11.8. The zero-order chi connectivity index (χ0) is 12.3. The Bertz CT molecular complexity index is 374. The molecule has 0 amide bonds. The predicted octanol–water partition coefficient (Wildman–Crippen LogP) is 2.25. The highest BCUT2D eigenvalue weighted by Crippen LogP contribution is 2.58. The molecule has 2 bridgehead atoms. The van der Waals surface area contributed by atoms with Crippen molar-refractivity contribution in [3.05, 3.63) is 0 Å². The molecule has 4 aliphatic rings. The summed E-state index contributed by atoms with van der Waals surface area (Å²) in [6.45, 7) is 6.68. The van der Waals surface area contributed by atoms with Crippen LogP contribution in [0.25, 0.3) is 0 Å². The van der Waals surface area contributed by atoms with Gasteiger partial charge in [0.15, 0.2) is 0 Å². The molecule has 3 aliphatic carbocycles. The molecule has 1 heterocycles. The van der Waals surface area contributed by atoms with Gasteiger partial charge in [0.25, 0.3) is 0 Å². The minimum atomic E-state index is -0.247. The van der Waals surface area contributed by atoms with E-state index in [1.165, 1.54) is 0 Å². The van der Waals surface area contributed by atoms with Crippen molar-refractivity contribution in [2.45, 2.75) is 33.6 Å². The molecular weight excluding hydrogens is 216 g/mol. The number of rotatable bonds is 1. The fourth-order valence-electron chi connectivity index (χ4n) is 4.59. The Labute approximate surface area is 102 Å². The van der Waals surface area contributed by atoms with Crippen LogP contribution in [0.3, 0.4) is 0 Å². The van der Waals surface area contributed by atoms with E-state index in [1.807, 2.05) is 0 Å². The van der Waals surface area contributed by atoms with Crippen molar-refractivity contribution in [2.24, 2.45) is 41.4 Å². The second-order valence-corrected chi connectivity index (χ2v) is 6.48. The van der Waals surface area contributed by atoms with Gasteiger partial charge in [0, 0.05) is 0 Å². The number of esters is 2. The summed E-state index contributed by atoms with van der Waals surface area (Å²) in [5.74, 6) is 1.77. The summed E-state index contributed by atoms with van der Waals surface area (Å²) in [4.78, 5) is 23.6. The Hall–Kier alpha value is -0.860. The number of carbonyl (C=O) groups excluding carboxylic acids is 2. The Kier molecular flexibility index (Phi) is 2.36. The molecule has 1 aliphatic heterocycles. The second kappa shape index (κ2) is 3.56.